The molecule has 0 bridgehead atoms. The molecule has 1 aliphatic rings. The number of aliphatic hydroxyl groups excluding tert-OH is 1. The number of hydrogen-bond donors (Lipinski definition) is 2. The lowest BCUT2D eigenvalue weighted by Gasteiger charge is -2.38. The number of ether oxygens (including phenoxy) is 1. The molecule has 0 radical (unpaired) electrons. The van der Waals surface area contributed by atoms with E-state index in [9.17, 15) is 14.7 Å². The number of likely N-dealkylation sites (tertiary alicyclic amines) is 1. The summed E-state index contributed by atoms with van der Waals surface area (Å²) in [7, 11) is 0. The molecule has 6 nitrogen and oxygen atoms in total. The van der Waals surface area contributed by atoms with E-state index in [-0.39, 0.29) is 29.9 Å². The van der Waals surface area contributed by atoms with Gasteiger partial charge in [0.25, 0.3) is 0 Å². The van der Waals surface area contributed by atoms with E-state index in [2.05, 4.69) is 5.32 Å². The molecule has 1 fully saturated rings. The molecule has 3 unspecified atom stereocenters. The minimum atomic E-state index is -0.523. The van der Waals surface area contributed by atoms with Crippen LogP contribution in [0.15, 0.2) is 0 Å². The van der Waals surface area contributed by atoms with Gasteiger partial charge in [-0.2, -0.15) is 0 Å². The van der Waals surface area contributed by atoms with Crippen molar-refractivity contribution in [1.82, 2.24) is 10.2 Å². The van der Waals surface area contributed by atoms with E-state index in [0.29, 0.717) is 26.1 Å². The fourth-order valence-electron chi connectivity index (χ4n) is 2.32. The maximum atomic E-state index is 11.8. The van der Waals surface area contributed by atoms with Crippen LogP contribution in [0.5, 0.6) is 0 Å². The van der Waals surface area contributed by atoms with Gasteiger partial charge >= 0.3 is 6.09 Å². The molecule has 0 aliphatic carbocycles. The monoisotopic (exact) mass is 286 g/mol. The average Bonchev–Trinajstić information content (AvgIpc) is 2.38. The van der Waals surface area contributed by atoms with Crippen molar-refractivity contribution in [3.05, 3.63) is 0 Å². The normalized spacial score (nSPS) is 24.4. The highest BCUT2D eigenvalue weighted by Gasteiger charge is 2.33. The summed E-state index contributed by atoms with van der Waals surface area (Å²) in [6, 6.07) is -0.136. The standard InChI is InChI=1S/C14H26N2O4/c1-5-20-14(19)16-7-11(10(4)17)6-12(8-16)15-13(18)9(2)3/h9-12,17H,5-8H2,1-4H3,(H,15,18). The van der Waals surface area contributed by atoms with Gasteiger partial charge in [-0.1, -0.05) is 13.8 Å². The molecule has 1 heterocycles. The van der Waals surface area contributed by atoms with Gasteiger partial charge in [-0.25, -0.2) is 4.79 Å². The number of rotatable bonds is 4. The van der Waals surface area contributed by atoms with Crippen molar-refractivity contribution in [3.63, 3.8) is 0 Å². The predicted molar refractivity (Wildman–Crippen MR) is 75.2 cm³/mol. The molecule has 0 aromatic heterocycles. The summed E-state index contributed by atoms with van der Waals surface area (Å²) < 4.78 is 5.00. The quantitative estimate of drug-likeness (QED) is 0.807. The summed E-state index contributed by atoms with van der Waals surface area (Å²) in [6.07, 6.45) is -0.237. The van der Waals surface area contributed by atoms with E-state index in [4.69, 9.17) is 4.74 Å². The first-order valence-electron chi connectivity index (χ1n) is 7.25. The van der Waals surface area contributed by atoms with E-state index in [0.717, 1.165) is 0 Å². The second-order valence-electron chi connectivity index (χ2n) is 5.70. The molecule has 1 saturated heterocycles. The molecule has 1 rings (SSSR count). The van der Waals surface area contributed by atoms with Crippen LogP contribution >= 0.6 is 0 Å². The number of aliphatic hydroxyl groups is 1. The highest BCUT2D eigenvalue weighted by Crippen LogP contribution is 2.21. The Labute approximate surface area is 120 Å². The van der Waals surface area contributed by atoms with Crippen LogP contribution in [-0.4, -0.2) is 53.8 Å². The van der Waals surface area contributed by atoms with Crippen LogP contribution in [0.25, 0.3) is 0 Å². The van der Waals surface area contributed by atoms with Crippen LogP contribution in [0.2, 0.25) is 0 Å². The Morgan fingerprint density at radius 2 is 2.00 bits per heavy atom. The lowest BCUT2D eigenvalue weighted by Crippen LogP contribution is -2.55. The fraction of sp³-hybridized carbons (Fsp3) is 0.857. The van der Waals surface area contributed by atoms with Crippen molar-refractivity contribution in [1.29, 1.82) is 0 Å². The molecule has 0 spiro atoms. The lowest BCUT2D eigenvalue weighted by molar-refractivity contribution is -0.125. The number of carbonyl (C=O) groups is 2. The van der Waals surface area contributed by atoms with Gasteiger partial charge in [0.1, 0.15) is 0 Å². The van der Waals surface area contributed by atoms with Gasteiger partial charge < -0.3 is 20.1 Å². The highest BCUT2D eigenvalue weighted by atomic mass is 16.6. The fourth-order valence-corrected chi connectivity index (χ4v) is 2.32. The van der Waals surface area contributed by atoms with Gasteiger partial charge in [0.15, 0.2) is 0 Å². The molecule has 1 aliphatic heterocycles. The molecular formula is C14H26N2O4. The zero-order chi connectivity index (χ0) is 15.3. The summed E-state index contributed by atoms with van der Waals surface area (Å²) in [5, 5.41) is 12.7. The van der Waals surface area contributed by atoms with Gasteiger partial charge in [0, 0.05) is 31.0 Å². The average molecular weight is 286 g/mol. The van der Waals surface area contributed by atoms with Crippen LogP contribution in [0, 0.1) is 11.8 Å². The number of hydrogen-bond acceptors (Lipinski definition) is 4. The number of nitrogens with one attached hydrogen (secondary N) is 1. The Morgan fingerprint density at radius 3 is 2.50 bits per heavy atom. The number of amides is 2. The number of nitrogens with zero attached hydrogens (tertiary/aromatic N) is 1. The minimum Gasteiger partial charge on any atom is -0.450 e. The summed E-state index contributed by atoms with van der Waals surface area (Å²) in [6.45, 7) is 8.33. The van der Waals surface area contributed by atoms with Gasteiger partial charge in [0.05, 0.1) is 12.7 Å². The third kappa shape index (κ3) is 4.67. The Morgan fingerprint density at radius 1 is 1.35 bits per heavy atom. The molecular weight excluding hydrogens is 260 g/mol. The molecule has 0 aromatic rings. The molecule has 6 heteroatoms. The van der Waals surface area contributed by atoms with Crippen LogP contribution in [0.4, 0.5) is 4.79 Å². The Hall–Kier alpha value is -1.30. The van der Waals surface area contributed by atoms with Crippen LogP contribution < -0.4 is 5.32 Å². The first kappa shape index (κ1) is 16.8. The third-order valence-corrected chi connectivity index (χ3v) is 3.56. The van der Waals surface area contributed by atoms with E-state index < -0.39 is 6.10 Å². The van der Waals surface area contributed by atoms with Gasteiger partial charge in [-0.05, 0) is 20.3 Å². The van der Waals surface area contributed by atoms with E-state index in [1.54, 1.807) is 18.7 Å². The smallest absolute Gasteiger partial charge is 0.409 e. The SMILES string of the molecule is CCOC(=O)N1CC(NC(=O)C(C)C)CC(C(C)O)C1. The van der Waals surface area contributed by atoms with Crippen molar-refractivity contribution >= 4 is 12.0 Å². The maximum absolute atomic E-state index is 11.8. The predicted octanol–water partition coefficient (Wildman–Crippen LogP) is 0.986. The van der Waals surface area contributed by atoms with Gasteiger partial charge in [-0.3, -0.25) is 4.79 Å². The van der Waals surface area contributed by atoms with Crippen molar-refractivity contribution < 1.29 is 19.4 Å². The van der Waals surface area contributed by atoms with Crippen LogP contribution in [-0.2, 0) is 9.53 Å². The van der Waals surface area contributed by atoms with Crippen molar-refractivity contribution in [2.24, 2.45) is 11.8 Å². The van der Waals surface area contributed by atoms with Crippen LogP contribution in [0.1, 0.15) is 34.1 Å². The van der Waals surface area contributed by atoms with Gasteiger partial charge in [-0.15, -0.1) is 0 Å². The third-order valence-electron chi connectivity index (χ3n) is 3.56. The summed E-state index contributed by atoms with van der Waals surface area (Å²) in [4.78, 5) is 25.2. The molecule has 0 saturated carbocycles. The minimum absolute atomic E-state index is 0.0370. The largest absolute Gasteiger partial charge is 0.450 e. The molecule has 0 aromatic carbocycles. The Kier molecular flexibility index (Phi) is 6.26. The van der Waals surface area contributed by atoms with Crippen molar-refractivity contribution in [2.75, 3.05) is 19.7 Å². The van der Waals surface area contributed by atoms with E-state index in [1.807, 2.05) is 13.8 Å². The van der Waals surface area contributed by atoms with Crippen molar-refractivity contribution in [3.8, 4) is 0 Å². The second kappa shape index (κ2) is 7.47. The first-order chi connectivity index (χ1) is 9.35. The topological polar surface area (TPSA) is 78.9 Å². The Bertz CT molecular complexity index is 344. The van der Waals surface area contributed by atoms with E-state index in [1.165, 1.54) is 0 Å². The maximum Gasteiger partial charge on any atom is 0.409 e. The highest BCUT2D eigenvalue weighted by molar-refractivity contribution is 5.78. The first-order valence-corrected chi connectivity index (χ1v) is 7.25. The molecule has 3 atom stereocenters. The summed E-state index contributed by atoms with van der Waals surface area (Å²) >= 11 is 0. The van der Waals surface area contributed by atoms with Gasteiger partial charge in [0.2, 0.25) is 5.91 Å². The number of carbonyl (C=O) groups excluding carboxylic acids is 2. The lowest BCUT2D eigenvalue weighted by atomic mass is 9.90. The van der Waals surface area contributed by atoms with E-state index >= 15 is 0 Å². The zero-order valence-electron chi connectivity index (χ0n) is 12.8. The molecule has 2 N–H and O–H groups in total. The second-order valence-corrected chi connectivity index (χ2v) is 5.70. The summed E-state index contributed by atoms with van der Waals surface area (Å²) in [5.41, 5.74) is 0. The molecule has 20 heavy (non-hydrogen) atoms. The van der Waals surface area contributed by atoms with Crippen LogP contribution in [0.3, 0.4) is 0 Å². The number of piperidine rings is 1. The van der Waals surface area contributed by atoms with Crippen molar-refractivity contribution in [2.45, 2.75) is 46.3 Å². The Balaban J connectivity index is 2.70. The summed E-state index contributed by atoms with van der Waals surface area (Å²) in [5.74, 6) is -0.186. The zero-order valence-corrected chi connectivity index (χ0v) is 12.8. The molecule has 116 valence electrons. The molecule has 2 amide bonds.